The molecule has 0 radical (unpaired) electrons. The molecule has 1 aromatic carbocycles. The van der Waals surface area contributed by atoms with E-state index in [1.807, 2.05) is 29.8 Å². The second kappa shape index (κ2) is 8.12. The molecule has 0 aromatic heterocycles. The molecule has 0 N–H and O–H groups in total. The first kappa shape index (κ1) is 20.8. The molecule has 1 aromatic rings. The van der Waals surface area contributed by atoms with Crippen LogP contribution in [0.1, 0.15) is 63.9 Å². The Hall–Kier alpha value is -2.08. The van der Waals surface area contributed by atoms with Gasteiger partial charge in [-0.3, -0.25) is 4.79 Å². The van der Waals surface area contributed by atoms with Crippen molar-refractivity contribution in [3.8, 4) is 0 Å². The van der Waals surface area contributed by atoms with Crippen LogP contribution in [0.4, 0.5) is 10.5 Å². The number of hydrogen-bond acceptors (Lipinski definition) is 4. The number of likely N-dealkylation sites (tertiary alicyclic amines) is 1. The Balaban J connectivity index is 1.29. The average Bonchev–Trinajstić information content (AvgIpc) is 3.01. The number of nitrogens with zero attached hydrogens (tertiary/aromatic N) is 3. The molecule has 2 atom stereocenters. The number of para-hydroxylation sites is 1. The van der Waals surface area contributed by atoms with Gasteiger partial charge in [0.05, 0.1) is 6.61 Å². The molecule has 2 bridgehead atoms. The average molecular weight is 426 g/mol. The van der Waals surface area contributed by atoms with Gasteiger partial charge in [-0.2, -0.15) is 0 Å². The van der Waals surface area contributed by atoms with Gasteiger partial charge in [0.15, 0.2) is 0 Å². The van der Waals surface area contributed by atoms with Crippen molar-refractivity contribution in [2.75, 3.05) is 31.6 Å². The van der Waals surface area contributed by atoms with Crippen LogP contribution in [0.25, 0.3) is 0 Å². The van der Waals surface area contributed by atoms with Crippen molar-refractivity contribution in [2.45, 2.75) is 81.8 Å². The predicted molar refractivity (Wildman–Crippen MR) is 120 cm³/mol. The van der Waals surface area contributed by atoms with Crippen LogP contribution in [0.15, 0.2) is 24.3 Å². The molecule has 168 valence electrons. The van der Waals surface area contributed by atoms with Crippen molar-refractivity contribution < 1.29 is 14.3 Å². The lowest BCUT2D eigenvalue weighted by Gasteiger charge is -2.48. The molecule has 4 aliphatic rings. The zero-order valence-corrected chi connectivity index (χ0v) is 18.9. The highest BCUT2D eigenvalue weighted by molar-refractivity contribution is 5.94. The summed E-state index contributed by atoms with van der Waals surface area (Å²) in [5.74, 6) is 0.231. The number of carbonyl (C=O) groups is 2. The number of anilines is 1. The lowest BCUT2D eigenvalue weighted by atomic mass is 9.69. The second-order valence-electron chi connectivity index (χ2n) is 9.90. The third kappa shape index (κ3) is 3.53. The third-order valence-electron chi connectivity index (χ3n) is 8.49. The van der Waals surface area contributed by atoms with Gasteiger partial charge in [0, 0.05) is 42.7 Å². The summed E-state index contributed by atoms with van der Waals surface area (Å²) < 4.78 is 5.32. The standard InChI is InChI=1S/C25H35N3O3/c1-3-31-24(30)28-18-8-9-19(28)17-20(16-18)27-14-12-25(13-15-27)11-10-23(29)26(2)22-7-5-4-6-21(22)25/h4-7,18-20H,3,8-17H2,1-2H3. The number of fused-ring (bicyclic) bond motifs is 4. The van der Waals surface area contributed by atoms with E-state index in [0.29, 0.717) is 31.2 Å². The second-order valence-corrected chi connectivity index (χ2v) is 9.90. The van der Waals surface area contributed by atoms with Crippen LogP contribution in [0.2, 0.25) is 0 Å². The van der Waals surface area contributed by atoms with E-state index in [-0.39, 0.29) is 17.4 Å². The molecule has 4 heterocycles. The Kier molecular flexibility index (Phi) is 5.45. The quantitative estimate of drug-likeness (QED) is 0.721. The molecule has 6 heteroatoms. The van der Waals surface area contributed by atoms with Gasteiger partial charge in [-0.15, -0.1) is 0 Å². The molecular weight excluding hydrogens is 390 g/mol. The first-order chi connectivity index (χ1) is 15.0. The number of rotatable bonds is 2. The van der Waals surface area contributed by atoms with Crippen molar-refractivity contribution in [1.82, 2.24) is 9.80 Å². The van der Waals surface area contributed by atoms with Crippen molar-refractivity contribution in [2.24, 2.45) is 0 Å². The number of benzene rings is 1. The molecule has 3 fully saturated rings. The number of piperidine rings is 2. The van der Waals surface area contributed by atoms with E-state index in [2.05, 4.69) is 23.1 Å². The summed E-state index contributed by atoms with van der Waals surface area (Å²) in [5.41, 5.74) is 2.57. The van der Waals surface area contributed by atoms with Crippen LogP contribution in [0.3, 0.4) is 0 Å². The highest BCUT2D eigenvalue weighted by Crippen LogP contribution is 2.47. The molecule has 0 aliphatic carbocycles. The van der Waals surface area contributed by atoms with Crippen LogP contribution in [-0.2, 0) is 14.9 Å². The summed E-state index contributed by atoms with van der Waals surface area (Å²) in [6.07, 6.45) is 8.05. The molecule has 1 spiro atoms. The van der Waals surface area contributed by atoms with Gasteiger partial charge in [-0.05, 0) is 76.6 Å². The lowest BCUT2D eigenvalue weighted by Crippen LogP contribution is -2.55. The molecule has 2 unspecified atom stereocenters. The summed E-state index contributed by atoms with van der Waals surface area (Å²) >= 11 is 0. The number of ether oxygens (including phenoxy) is 1. The first-order valence-corrected chi connectivity index (χ1v) is 12.1. The molecule has 6 nitrogen and oxygen atoms in total. The normalized spacial score (nSPS) is 30.3. The smallest absolute Gasteiger partial charge is 0.410 e. The maximum absolute atomic E-state index is 12.6. The highest BCUT2D eigenvalue weighted by atomic mass is 16.6. The summed E-state index contributed by atoms with van der Waals surface area (Å²) in [6.45, 7) is 4.49. The van der Waals surface area contributed by atoms with E-state index in [4.69, 9.17) is 4.74 Å². The predicted octanol–water partition coefficient (Wildman–Crippen LogP) is 3.93. The van der Waals surface area contributed by atoms with E-state index in [1.54, 1.807) is 0 Å². The van der Waals surface area contributed by atoms with Crippen LogP contribution in [0, 0.1) is 0 Å². The molecule has 3 saturated heterocycles. The SMILES string of the molecule is CCOC(=O)N1C2CCC1CC(N1CCC3(CCC(=O)N(C)c4ccccc43)CC1)C2. The summed E-state index contributed by atoms with van der Waals surface area (Å²) in [5, 5.41) is 0. The van der Waals surface area contributed by atoms with E-state index in [1.165, 1.54) is 5.56 Å². The minimum Gasteiger partial charge on any atom is -0.450 e. The van der Waals surface area contributed by atoms with Crippen molar-refractivity contribution in [3.63, 3.8) is 0 Å². The zero-order chi connectivity index (χ0) is 21.6. The van der Waals surface area contributed by atoms with E-state index >= 15 is 0 Å². The van der Waals surface area contributed by atoms with Crippen LogP contribution < -0.4 is 4.90 Å². The highest BCUT2D eigenvalue weighted by Gasteiger charge is 2.47. The van der Waals surface area contributed by atoms with Crippen LogP contribution in [0.5, 0.6) is 0 Å². The van der Waals surface area contributed by atoms with Gasteiger partial charge in [0.1, 0.15) is 0 Å². The molecule has 2 amide bonds. The minimum absolute atomic E-state index is 0.109. The van der Waals surface area contributed by atoms with Gasteiger partial charge in [-0.1, -0.05) is 18.2 Å². The number of hydrogen-bond donors (Lipinski definition) is 0. The monoisotopic (exact) mass is 425 g/mol. The van der Waals surface area contributed by atoms with E-state index in [9.17, 15) is 9.59 Å². The first-order valence-electron chi connectivity index (χ1n) is 12.1. The fourth-order valence-corrected chi connectivity index (χ4v) is 6.78. The Morgan fingerprint density at radius 1 is 1.06 bits per heavy atom. The van der Waals surface area contributed by atoms with Gasteiger partial charge >= 0.3 is 6.09 Å². The number of carbonyl (C=O) groups excluding carboxylic acids is 2. The molecule has 31 heavy (non-hydrogen) atoms. The lowest BCUT2D eigenvalue weighted by molar-refractivity contribution is -0.118. The Morgan fingerprint density at radius 2 is 1.74 bits per heavy atom. The fourth-order valence-electron chi connectivity index (χ4n) is 6.78. The topological polar surface area (TPSA) is 53.1 Å². The molecule has 4 aliphatic heterocycles. The zero-order valence-electron chi connectivity index (χ0n) is 18.9. The molecular formula is C25H35N3O3. The molecule has 0 saturated carbocycles. The third-order valence-corrected chi connectivity index (χ3v) is 8.49. The van der Waals surface area contributed by atoms with E-state index < -0.39 is 0 Å². The summed E-state index contributed by atoms with van der Waals surface area (Å²) in [6, 6.07) is 9.76. The Morgan fingerprint density at radius 3 is 2.42 bits per heavy atom. The van der Waals surface area contributed by atoms with Gasteiger partial charge < -0.3 is 19.4 Å². The molecule has 5 rings (SSSR count). The van der Waals surface area contributed by atoms with Crippen molar-refractivity contribution >= 4 is 17.7 Å². The maximum Gasteiger partial charge on any atom is 0.410 e. The van der Waals surface area contributed by atoms with Crippen molar-refractivity contribution in [1.29, 1.82) is 0 Å². The summed E-state index contributed by atoms with van der Waals surface area (Å²) in [4.78, 5) is 31.6. The van der Waals surface area contributed by atoms with Crippen LogP contribution >= 0.6 is 0 Å². The maximum atomic E-state index is 12.6. The Bertz CT molecular complexity index is 834. The van der Waals surface area contributed by atoms with Crippen LogP contribution in [-0.4, -0.2) is 66.7 Å². The largest absolute Gasteiger partial charge is 0.450 e. The Labute approximate surface area is 185 Å². The van der Waals surface area contributed by atoms with Gasteiger partial charge in [0.25, 0.3) is 0 Å². The fraction of sp³-hybridized carbons (Fsp3) is 0.680. The van der Waals surface area contributed by atoms with E-state index in [0.717, 1.165) is 63.7 Å². The van der Waals surface area contributed by atoms with Crippen molar-refractivity contribution in [3.05, 3.63) is 29.8 Å². The minimum atomic E-state index is -0.116. The van der Waals surface area contributed by atoms with Gasteiger partial charge in [0.2, 0.25) is 5.91 Å². The number of amides is 2. The van der Waals surface area contributed by atoms with Gasteiger partial charge in [-0.25, -0.2) is 4.79 Å². The summed E-state index contributed by atoms with van der Waals surface area (Å²) in [7, 11) is 1.92.